The average molecular weight is 247 g/mol. The van der Waals surface area contributed by atoms with E-state index in [2.05, 4.69) is 0 Å². The van der Waals surface area contributed by atoms with Crippen molar-refractivity contribution in [3.8, 4) is 5.75 Å². The molecule has 5 heteroatoms. The molecule has 0 radical (unpaired) electrons. The van der Waals surface area contributed by atoms with Crippen molar-refractivity contribution in [1.82, 2.24) is 0 Å². The first kappa shape index (κ1) is 11.5. The van der Waals surface area contributed by atoms with Crippen molar-refractivity contribution in [1.29, 1.82) is 0 Å². The highest BCUT2D eigenvalue weighted by Crippen LogP contribution is 2.34. The van der Waals surface area contributed by atoms with Gasteiger partial charge in [0.25, 0.3) is 5.69 Å². The maximum Gasteiger partial charge on any atom is 0.283 e. The van der Waals surface area contributed by atoms with E-state index in [4.69, 9.17) is 5.11 Å². The molecule has 2 aromatic rings. The molecular weight excluding hydrogens is 238 g/mol. The van der Waals surface area contributed by atoms with E-state index in [1.165, 1.54) is 17.8 Å². The van der Waals surface area contributed by atoms with E-state index in [1.54, 1.807) is 42.5 Å². The number of aromatic hydroxyl groups is 1. The highest BCUT2D eigenvalue weighted by molar-refractivity contribution is 7.99. The molecule has 0 bridgehead atoms. The summed E-state index contributed by atoms with van der Waals surface area (Å²) in [5.41, 5.74) is 0.0885. The maximum absolute atomic E-state index is 10.8. The number of hydrogen-bond donors (Lipinski definition) is 1. The number of benzene rings is 2. The van der Waals surface area contributed by atoms with Gasteiger partial charge in [-0.2, -0.15) is 0 Å². The zero-order chi connectivity index (χ0) is 12.3. The van der Waals surface area contributed by atoms with Gasteiger partial charge in [0, 0.05) is 11.0 Å². The minimum atomic E-state index is -0.400. The summed E-state index contributed by atoms with van der Waals surface area (Å²) in [6.45, 7) is 0. The third-order valence-electron chi connectivity index (χ3n) is 2.13. The zero-order valence-corrected chi connectivity index (χ0v) is 9.55. The predicted octanol–water partition coefficient (Wildman–Crippen LogP) is 3.45. The van der Waals surface area contributed by atoms with E-state index in [-0.39, 0.29) is 11.4 Å². The van der Waals surface area contributed by atoms with Gasteiger partial charge in [-0.25, -0.2) is 0 Å². The maximum atomic E-state index is 10.8. The largest absolute Gasteiger partial charge is 0.508 e. The molecule has 2 rings (SSSR count). The highest BCUT2D eigenvalue weighted by atomic mass is 32.2. The van der Waals surface area contributed by atoms with Crippen molar-refractivity contribution < 1.29 is 10.0 Å². The van der Waals surface area contributed by atoms with Crippen LogP contribution < -0.4 is 0 Å². The van der Waals surface area contributed by atoms with Gasteiger partial charge >= 0.3 is 0 Å². The van der Waals surface area contributed by atoms with Gasteiger partial charge in [-0.1, -0.05) is 23.9 Å². The molecule has 0 heterocycles. The molecule has 0 aliphatic rings. The fraction of sp³-hybridized carbons (Fsp3) is 0. The molecule has 0 unspecified atom stereocenters. The lowest BCUT2D eigenvalue weighted by Crippen LogP contribution is -1.89. The van der Waals surface area contributed by atoms with Gasteiger partial charge in [-0.3, -0.25) is 10.1 Å². The Balaban J connectivity index is 2.30. The predicted molar refractivity (Wildman–Crippen MR) is 65.3 cm³/mol. The Kier molecular flexibility index (Phi) is 3.30. The molecule has 2 aromatic carbocycles. The number of hydrogen-bond acceptors (Lipinski definition) is 4. The first-order chi connectivity index (χ1) is 8.16. The van der Waals surface area contributed by atoms with Crippen molar-refractivity contribution in [3.05, 3.63) is 58.6 Å². The Morgan fingerprint density at radius 2 is 1.71 bits per heavy atom. The van der Waals surface area contributed by atoms with Crippen LogP contribution in [0.4, 0.5) is 5.69 Å². The minimum absolute atomic E-state index is 0.0885. The zero-order valence-electron chi connectivity index (χ0n) is 8.74. The van der Waals surface area contributed by atoms with Crippen molar-refractivity contribution in [2.24, 2.45) is 0 Å². The fourth-order valence-corrected chi connectivity index (χ4v) is 2.26. The van der Waals surface area contributed by atoms with Gasteiger partial charge in [0.2, 0.25) is 0 Å². The summed E-state index contributed by atoms with van der Waals surface area (Å²) in [5, 5.41) is 20.0. The molecule has 17 heavy (non-hydrogen) atoms. The first-order valence-electron chi connectivity index (χ1n) is 4.87. The summed E-state index contributed by atoms with van der Waals surface area (Å²) in [7, 11) is 0. The average Bonchev–Trinajstić information content (AvgIpc) is 2.32. The van der Waals surface area contributed by atoms with Gasteiger partial charge in [0.1, 0.15) is 5.75 Å². The summed E-state index contributed by atoms with van der Waals surface area (Å²) in [6.07, 6.45) is 0. The molecule has 0 atom stereocenters. The molecule has 0 spiro atoms. The first-order valence-corrected chi connectivity index (χ1v) is 5.69. The monoisotopic (exact) mass is 247 g/mol. The van der Waals surface area contributed by atoms with Crippen molar-refractivity contribution in [2.45, 2.75) is 9.79 Å². The molecule has 0 aromatic heterocycles. The van der Waals surface area contributed by atoms with Crippen LogP contribution in [0.5, 0.6) is 5.75 Å². The SMILES string of the molecule is O=[N+]([O-])c1ccccc1Sc1ccc(O)cc1. The Morgan fingerprint density at radius 1 is 1.06 bits per heavy atom. The van der Waals surface area contributed by atoms with Gasteiger partial charge < -0.3 is 5.11 Å². The fourth-order valence-electron chi connectivity index (χ4n) is 1.34. The molecule has 1 N–H and O–H groups in total. The van der Waals surface area contributed by atoms with E-state index in [0.29, 0.717) is 4.90 Å². The van der Waals surface area contributed by atoms with Crippen molar-refractivity contribution in [3.63, 3.8) is 0 Å². The van der Waals surface area contributed by atoms with Crippen molar-refractivity contribution in [2.75, 3.05) is 0 Å². The van der Waals surface area contributed by atoms with E-state index in [0.717, 1.165) is 4.90 Å². The van der Waals surface area contributed by atoms with Crippen LogP contribution in [0.3, 0.4) is 0 Å². The molecule has 86 valence electrons. The lowest BCUT2D eigenvalue weighted by atomic mass is 10.3. The molecule has 0 saturated carbocycles. The van der Waals surface area contributed by atoms with Gasteiger partial charge in [-0.15, -0.1) is 0 Å². The third-order valence-corrected chi connectivity index (χ3v) is 3.20. The lowest BCUT2D eigenvalue weighted by molar-refractivity contribution is -0.387. The highest BCUT2D eigenvalue weighted by Gasteiger charge is 2.13. The number of rotatable bonds is 3. The van der Waals surface area contributed by atoms with Crippen molar-refractivity contribution >= 4 is 17.4 Å². The molecule has 4 nitrogen and oxygen atoms in total. The van der Waals surface area contributed by atoms with E-state index in [9.17, 15) is 10.1 Å². The summed E-state index contributed by atoms with van der Waals surface area (Å²) in [5.74, 6) is 0.178. The number of nitro benzene ring substituents is 1. The van der Waals surface area contributed by atoms with Crippen LogP contribution in [0, 0.1) is 10.1 Å². The number of nitrogens with zero attached hydrogens (tertiary/aromatic N) is 1. The summed E-state index contributed by atoms with van der Waals surface area (Å²) >= 11 is 1.30. The van der Waals surface area contributed by atoms with E-state index < -0.39 is 4.92 Å². The van der Waals surface area contributed by atoms with Gasteiger partial charge in [-0.05, 0) is 30.3 Å². The summed E-state index contributed by atoms with van der Waals surface area (Å²) in [4.78, 5) is 11.8. The lowest BCUT2D eigenvalue weighted by Gasteiger charge is -2.02. The summed E-state index contributed by atoms with van der Waals surface area (Å²) < 4.78 is 0. The second kappa shape index (κ2) is 4.88. The van der Waals surface area contributed by atoms with Crippen LogP contribution in [0.2, 0.25) is 0 Å². The number of phenolic OH excluding ortho intramolecular Hbond substituents is 1. The topological polar surface area (TPSA) is 63.4 Å². The Labute approximate surface area is 102 Å². The van der Waals surface area contributed by atoms with Crippen LogP contribution >= 0.6 is 11.8 Å². The van der Waals surface area contributed by atoms with E-state index in [1.807, 2.05) is 0 Å². The molecule has 0 fully saturated rings. The Hall–Kier alpha value is -2.01. The number of phenols is 1. The number of nitro groups is 1. The second-order valence-electron chi connectivity index (χ2n) is 3.32. The molecule has 0 aliphatic carbocycles. The smallest absolute Gasteiger partial charge is 0.283 e. The normalized spacial score (nSPS) is 10.1. The molecule has 0 saturated heterocycles. The molecule has 0 amide bonds. The van der Waals surface area contributed by atoms with Gasteiger partial charge in [0.15, 0.2) is 0 Å². The van der Waals surface area contributed by atoms with Gasteiger partial charge in [0.05, 0.1) is 9.82 Å². The quantitative estimate of drug-likeness (QED) is 0.666. The molecule has 0 aliphatic heterocycles. The van der Waals surface area contributed by atoms with E-state index >= 15 is 0 Å². The van der Waals surface area contributed by atoms with Crippen LogP contribution in [-0.2, 0) is 0 Å². The minimum Gasteiger partial charge on any atom is -0.508 e. The van der Waals surface area contributed by atoms with Crippen LogP contribution in [-0.4, -0.2) is 10.0 Å². The second-order valence-corrected chi connectivity index (χ2v) is 4.44. The van der Waals surface area contributed by atoms with Crippen LogP contribution in [0.25, 0.3) is 0 Å². The number of para-hydroxylation sites is 1. The van der Waals surface area contributed by atoms with Crippen LogP contribution in [0.1, 0.15) is 0 Å². The Morgan fingerprint density at radius 3 is 2.35 bits per heavy atom. The molecular formula is C12H9NO3S. The third kappa shape index (κ3) is 2.76. The standard InChI is InChI=1S/C12H9NO3S/c14-9-5-7-10(8-6-9)17-12-4-2-1-3-11(12)13(15)16/h1-8,14H. The summed E-state index contributed by atoms with van der Waals surface area (Å²) in [6, 6.07) is 13.1. The van der Waals surface area contributed by atoms with Crippen LogP contribution in [0.15, 0.2) is 58.3 Å². The Bertz CT molecular complexity index is 540.